The van der Waals surface area contributed by atoms with E-state index in [4.69, 9.17) is 0 Å². The van der Waals surface area contributed by atoms with E-state index in [9.17, 15) is 4.79 Å². The number of pyridine rings is 1. The van der Waals surface area contributed by atoms with Crippen LogP contribution in [0.2, 0.25) is 0 Å². The van der Waals surface area contributed by atoms with Crippen LogP contribution >= 0.6 is 0 Å². The van der Waals surface area contributed by atoms with Crippen molar-refractivity contribution in [2.24, 2.45) is 0 Å². The molecule has 5 heteroatoms. The highest BCUT2D eigenvalue weighted by atomic mass is 16.1. The van der Waals surface area contributed by atoms with Gasteiger partial charge in [0.05, 0.1) is 0 Å². The van der Waals surface area contributed by atoms with Gasteiger partial charge in [0.1, 0.15) is 0 Å². The van der Waals surface area contributed by atoms with E-state index < -0.39 is 0 Å². The summed E-state index contributed by atoms with van der Waals surface area (Å²) in [6.45, 7) is 7.75. The summed E-state index contributed by atoms with van der Waals surface area (Å²) in [6, 6.07) is 1.99. The first-order valence-electron chi connectivity index (χ1n) is 6.05. The number of carbonyl (C=O) groups excluding carboxylic acids is 1. The molecule has 1 aromatic heterocycles. The molecule has 0 radical (unpaired) electrons. The van der Waals surface area contributed by atoms with Crippen LogP contribution in [0.4, 0.5) is 4.79 Å². The molecule has 0 spiro atoms. The maximum atomic E-state index is 11.0. The zero-order chi connectivity index (χ0) is 13.8. The van der Waals surface area contributed by atoms with Gasteiger partial charge in [-0.25, -0.2) is 0 Å². The molecule has 1 aromatic rings. The minimum atomic E-state index is -0.112. The van der Waals surface area contributed by atoms with E-state index in [1.165, 1.54) is 13.3 Å². The second kappa shape index (κ2) is 5.57. The molecule has 0 unspecified atom stereocenters. The number of fused-ring (bicyclic) bond motifs is 1. The first kappa shape index (κ1) is 13.1. The molecule has 3 nitrogen and oxygen atoms in total. The molecular weight excluding hydrogens is 234 g/mol. The van der Waals surface area contributed by atoms with Crippen molar-refractivity contribution in [3.05, 3.63) is 66.6 Å². The lowest BCUT2D eigenvalue weighted by Crippen LogP contribution is -2.19. The summed E-state index contributed by atoms with van der Waals surface area (Å²) in [7, 11) is 2.30. The van der Waals surface area contributed by atoms with Crippen molar-refractivity contribution in [1.29, 1.82) is 0 Å². The van der Waals surface area contributed by atoms with Crippen molar-refractivity contribution in [3.63, 3.8) is 0 Å². The molecule has 2 heterocycles. The van der Waals surface area contributed by atoms with Gasteiger partial charge in [0, 0.05) is 18.1 Å². The maximum Gasteiger partial charge on any atom is 0.216 e. The number of hydrogen-bond acceptors (Lipinski definition) is 2. The monoisotopic (exact) mass is 248 g/mol. The summed E-state index contributed by atoms with van der Waals surface area (Å²) in [5.74, 6) is -0.112. The number of allylic oxidation sites excluding steroid dienone is 5. The minimum absolute atomic E-state index is 0.112. The minimum Gasteiger partial charge on any atom is -0.336 e. The predicted molar refractivity (Wildman–Crippen MR) is 83.5 cm³/mol. The second-order valence-electron chi connectivity index (χ2n) is 4.40. The molecule has 0 bridgehead atoms. The van der Waals surface area contributed by atoms with Gasteiger partial charge in [0.2, 0.25) is 7.85 Å². The Morgan fingerprint density at radius 1 is 1.53 bits per heavy atom. The molecule has 19 heavy (non-hydrogen) atoms. The van der Waals surface area contributed by atoms with Gasteiger partial charge in [0.25, 0.3) is 0 Å². The van der Waals surface area contributed by atoms with Crippen LogP contribution in [-0.2, 0) is 0 Å². The fraction of sp³-hybridized carbons (Fsp3) is 0. The van der Waals surface area contributed by atoms with Crippen molar-refractivity contribution in [2.45, 2.75) is 0 Å². The average Bonchev–Trinajstić information content (AvgIpc) is 2.70. The molecule has 0 aromatic carbocycles. The average molecular weight is 248 g/mol. The van der Waals surface area contributed by atoms with Crippen LogP contribution in [0.5, 0.6) is 0 Å². The number of aromatic nitrogens is 1. The van der Waals surface area contributed by atoms with Gasteiger partial charge in [-0.05, 0) is 29.4 Å². The third-order valence-corrected chi connectivity index (χ3v) is 2.95. The van der Waals surface area contributed by atoms with Gasteiger partial charge < -0.3 is 5.32 Å². The highest BCUT2D eigenvalue weighted by Crippen LogP contribution is 2.25. The maximum absolute atomic E-state index is 11.0. The molecular formula is C14H14B2N2O. The first-order chi connectivity index (χ1) is 9.11. The van der Waals surface area contributed by atoms with Crippen molar-refractivity contribution in [3.8, 4) is 0 Å². The van der Waals surface area contributed by atoms with Crippen molar-refractivity contribution in [1.82, 2.24) is 10.3 Å². The topological polar surface area (TPSA) is 42.0 Å². The molecule has 92 valence electrons. The molecule has 1 aliphatic rings. The molecule has 0 atom stereocenters. The van der Waals surface area contributed by atoms with Crippen molar-refractivity contribution >= 4 is 32.0 Å². The van der Waals surface area contributed by atoms with Crippen molar-refractivity contribution in [2.75, 3.05) is 0 Å². The molecule has 1 amide bonds. The summed E-state index contributed by atoms with van der Waals surface area (Å²) in [5.41, 5.74) is 5.16. The Morgan fingerprint density at radius 2 is 2.32 bits per heavy atom. The van der Waals surface area contributed by atoms with E-state index in [0.717, 1.165) is 23.9 Å². The van der Waals surface area contributed by atoms with E-state index in [2.05, 4.69) is 23.5 Å². The fourth-order valence-electron chi connectivity index (χ4n) is 2.09. The SMILES string of the molecule is BC(=O)N/C(C=C)=C/C=C1\C(=C)Bc2cnccc21. The standard InChI is InChI=1S/C14H14B2N2O/c1-3-10(18-14(15)19)4-5-11-9(2)16-13-8-17-7-6-12(11)13/h3-8,16H,1-2,15H2,(H,18,19)/b10-4+,11-5+. The number of amides is 1. The van der Waals surface area contributed by atoms with Gasteiger partial charge in [-0.2, -0.15) is 0 Å². The summed E-state index contributed by atoms with van der Waals surface area (Å²) in [4.78, 5) is 15.1. The van der Waals surface area contributed by atoms with Crippen LogP contribution in [0.25, 0.3) is 5.57 Å². The Kier molecular flexibility index (Phi) is 3.85. The number of hydrogen-bond donors (Lipinski definition) is 1. The van der Waals surface area contributed by atoms with Crippen molar-refractivity contribution < 1.29 is 4.79 Å². The predicted octanol–water partition coefficient (Wildman–Crippen LogP) is 0.467. The molecule has 0 fully saturated rings. The van der Waals surface area contributed by atoms with Gasteiger partial charge in [0.15, 0.2) is 13.1 Å². The van der Waals surface area contributed by atoms with Crippen LogP contribution in [0.3, 0.4) is 0 Å². The van der Waals surface area contributed by atoms with Gasteiger partial charge in [-0.15, -0.1) is 6.58 Å². The van der Waals surface area contributed by atoms with Gasteiger partial charge in [-0.3, -0.25) is 9.78 Å². The van der Waals surface area contributed by atoms with Crippen LogP contribution in [0.15, 0.2) is 61.0 Å². The molecule has 2 rings (SSSR count). The smallest absolute Gasteiger partial charge is 0.216 e. The van der Waals surface area contributed by atoms with E-state index >= 15 is 0 Å². The third-order valence-electron chi connectivity index (χ3n) is 2.95. The summed E-state index contributed by atoms with van der Waals surface area (Å²) < 4.78 is 0. The Bertz CT molecular complexity index is 618. The molecule has 1 N–H and O–H groups in total. The molecule has 1 aliphatic heterocycles. The normalized spacial score (nSPS) is 15.9. The third kappa shape index (κ3) is 2.94. The van der Waals surface area contributed by atoms with E-state index in [1.54, 1.807) is 12.3 Å². The number of carbonyl (C=O) groups is 1. The van der Waals surface area contributed by atoms with Crippen LogP contribution < -0.4 is 10.8 Å². The number of nitrogens with one attached hydrogen (secondary N) is 1. The van der Waals surface area contributed by atoms with E-state index in [0.29, 0.717) is 5.70 Å². The Hall–Kier alpha value is -2.29. The Balaban J connectivity index is 2.33. The number of nitrogens with zero attached hydrogens (tertiary/aromatic N) is 1. The molecule has 0 aliphatic carbocycles. The summed E-state index contributed by atoms with van der Waals surface area (Å²) in [5, 5.41) is 2.71. The Morgan fingerprint density at radius 3 is 3.00 bits per heavy atom. The second-order valence-corrected chi connectivity index (χ2v) is 4.40. The highest BCUT2D eigenvalue weighted by molar-refractivity contribution is 6.68. The molecule has 0 saturated carbocycles. The zero-order valence-electron chi connectivity index (χ0n) is 10.9. The van der Waals surface area contributed by atoms with E-state index in [-0.39, 0.29) is 5.81 Å². The molecule has 0 saturated heterocycles. The first-order valence-corrected chi connectivity index (χ1v) is 6.05. The Labute approximate surface area is 114 Å². The van der Waals surface area contributed by atoms with Gasteiger partial charge >= 0.3 is 0 Å². The van der Waals surface area contributed by atoms with Gasteiger partial charge in [-0.1, -0.05) is 23.6 Å². The summed E-state index contributed by atoms with van der Waals surface area (Å²) >= 11 is 0. The summed E-state index contributed by atoms with van der Waals surface area (Å²) in [6.07, 6.45) is 9.06. The highest BCUT2D eigenvalue weighted by Gasteiger charge is 2.19. The van der Waals surface area contributed by atoms with E-state index in [1.807, 2.05) is 24.4 Å². The van der Waals surface area contributed by atoms with Crippen LogP contribution in [0.1, 0.15) is 5.56 Å². The largest absolute Gasteiger partial charge is 0.336 e. The van der Waals surface area contributed by atoms with Crippen LogP contribution in [0, 0.1) is 0 Å². The van der Waals surface area contributed by atoms with Crippen LogP contribution in [-0.4, -0.2) is 25.9 Å². The lowest BCUT2D eigenvalue weighted by Gasteiger charge is -2.03. The fourth-order valence-corrected chi connectivity index (χ4v) is 2.09. The lowest BCUT2D eigenvalue weighted by atomic mass is 9.69. The quantitative estimate of drug-likeness (QED) is 0.623. The zero-order valence-corrected chi connectivity index (χ0v) is 10.9. The lowest BCUT2D eigenvalue weighted by molar-refractivity contribution is 0.262. The number of rotatable bonds is 3.